The predicted octanol–water partition coefficient (Wildman–Crippen LogP) is 4.40. The number of fused-ring (bicyclic) bond motifs is 1. The molecule has 0 saturated heterocycles. The summed E-state index contributed by atoms with van der Waals surface area (Å²) in [6, 6.07) is 1.16. The number of nitrogens with one attached hydrogen (secondary N) is 2. The van der Waals surface area contributed by atoms with Gasteiger partial charge >= 0.3 is 6.18 Å². The summed E-state index contributed by atoms with van der Waals surface area (Å²) in [4.78, 5) is 12.9. The van der Waals surface area contributed by atoms with Crippen LogP contribution < -0.4 is 10.6 Å². The lowest BCUT2D eigenvalue weighted by Gasteiger charge is -2.32. The maximum absolute atomic E-state index is 13.6. The molecule has 136 valence electrons. The van der Waals surface area contributed by atoms with Crippen molar-refractivity contribution in [3.63, 3.8) is 0 Å². The molecule has 0 bridgehead atoms. The number of nitrogens with zero attached hydrogens (tertiary/aromatic N) is 2. The van der Waals surface area contributed by atoms with Crippen LogP contribution in [0.1, 0.15) is 47.2 Å². The molecule has 0 radical (unpaired) electrons. The Hall–Kier alpha value is -1.74. The first-order chi connectivity index (χ1) is 11.8. The molecule has 0 aromatic carbocycles. The van der Waals surface area contributed by atoms with Crippen molar-refractivity contribution in [1.29, 1.82) is 0 Å². The third-order valence-electron chi connectivity index (χ3n) is 3.93. The van der Waals surface area contributed by atoms with Crippen LogP contribution >= 0.6 is 22.9 Å². The molecular weight excluding hydrogens is 377 g/mol. The third kappa shape index (κ3) is 3.48. The molecule has 2 aromatic rings. The summed E-state index contributed by atoms with van der Waals surface area (Å²) in [7, 11) is 0. The molecule has 5 nitrogen and oxygen atoms in total. The molecule has 3 rings (SSSR count). The highest BCUT2D eigenvalue weighted by molar-refractivity contribution is 7.10. The van der Waals surface area contributed by atoms with Crippen LogP contribution in [0.5, 0.6) is 0 Å². The Morgan fingerprint density at radius 2 is 2.32 bits per heavy atom. The quantitative estimate of drug-likeness (QED) is 0.810. The van der Waals surface area contributed by atoms with E-state index in [4.69, 9.17) is 11.6 Å². The second kappa shape index (κ2) is 6.87. The van der Waals surface area contributed by atoms with Gasteiger partial charge in [0, 0.05) is 17.8 Å². The molecule has 2 N–H and O–H groups in total. The molecule has 3 heterocycles. The van der Waals surface area contributed by atoms with Crippen LogP contribution in [0.25, 0.3) is 0 Å². The van der Waals surface area contributed by atoms with Crippen molar-refractivity contribution in [3.05, 3.63) is 33.1 Å². The van der Waals surface area contributed by atoms with Crippen molar-refractivity contribution in [3.8, 4) is 0 Å². The molecule has 0 unspecified atom stereocenters. The van der Waals surface area contributed by atoms with Crippen molar-refractivity contribution in [1.82, 2.24) is 15.1 Å². The molecule has 0 spiro atoms. The Labute approximate surface area is 151 Å². The molecule has 2 aromatic heterocycles. The number of hydrogen-bond donors (Lipinski definition) is 2. The maximum Gasteiger partial charge on any atom is 0.410 e. The van der Waals surface area contributed by atoms with Crippen LogP contribution in [-0.4, -0.2) is 28.4 Å². The number of alkyl halides is 3. The Bertz CT molecular complexity index is 760. The molecule has 25 heavy (non-hydrogen) atoms. The van der Waals surface area contributed by atoms with Gasteiger partial charge in [0.25, 0.3) is 5.91 Å². The zero-order valence-electron chi connectivity index (χ0n) is 13.2. The van der Waals surface area contributed by atoms with Gasteiger partial charge in [-0.3, -0.25) is 4.79 Å². The summed E-state index contributed by atoms with van der Waals surface area (Å²) in [5.74, 6) is -0.556. The van der Waals surface area contributed by atoms with E-state index in [1.165, 1.54) is 11.3 Å². The number of amides is 1. The monoisotopic (exact) mass is 392 g/mol. The van der Waals surface area contributed by atoms with Crippen LogP contribution in [0, 0.1) is 0 Å². The summed E-state index contributed by atoms with van der Waals surface area (Å²) >= 11 is 7.55. The molecule has 0 aliphatic carbocycles. The topological polar surface area (TPSA) is 59.0 Å². The van der Waals surface area contributed by atoms with Gasteiger partial charge in [-0.15, -0.1) is 11.3 Å². The lowest BCUT2D eigenvalue weighted by molar-refractivity contribution is -0.173. The number of thiophene rings is 1. The first-order valence-corrected chi connectivity index (χ1v) is 9.01. The minimum Gasteiger partial charge on any atom is -0.361 e. The lowest BCUT2D eigenvalue weighted by Crippen LogP contribution is -2.35. The number of carbonyl (C=O) groups is 1. The molecule has 0 saturated carbocycles. The van der Waals surface area contributed by atoms with Gasteiger partial charge in [0.1, 0.15) is 10.8 Å². The van der Waals surface area contributed by atoms with Crippen LogP contribution in [0.2, 0.25) is 5.02 Å². The highest BCUT2D eigenvalue weighted by Gasteiger charge is 2.48. The SMILES string of the molecule is CCCNC(=O)c1nn2c(c1Cl)N[C@@H](c1cccs1)C[C@@H]2C(F)(F)F. The number of hydrogen-bond acceptors (Lipinski definition) is 4. The van der Waals surface area contributed by atoms with Gasteiger partial charge in [0.05, 0.1) is 6.04 Å². The summed E-state index contributed by atoms with van der Waals surface area (Å²) in [5.41, 5.74) is -0.196. The van der Waals surface area contributed by atoms with E-state index in [-0.39, 0.29) is 23.0 Å². The number of carbonyl (C=O) groups excluding carboxylic acids is 1. The Kier molecular flexibility index (Phi) is 4.97. The van der Waals surface area contributed by atoms with Gasteiger partial charge in [-0.1, -0.05) is 24.6 Å². The van der Waals surface area contributed by atoms with E-state index in [1.54, 1.807) is 17.5 Å². The zero-order chi connectivity index (χ0) is 18.2. The van der Waals surface area contributed by atoms with Gasteiger partial charge in [-0.2, -0.15) is 18.3 Å². The second-order valence-corrected chi connectivity index (χ2v) is 7.07. The predicted molar refractivity (Wildman–Crippen MR) is 90.3 cm³/mol. The zero-order valence-corrected chi connectivity index (χ0v) is 14.8. The molecule has 1 aliphatic rings. The van der Waals surface area contributed by atoms with Crippen LogP contribution in [-0.2, 0) is 0 Å². The van der Waals surface area contributed by atoms with Gasteiger partial charge in [0.2, 0.25) is 0 Å². The maximum atomic E-state index is 13.6. The van der Waals surface area contributed by atoms with E-state index < -0.39 is 24.2 Å². The summed E-state index contributed by atoms with van der Waals surface area (Å²) in [5, 5.41) is 11.2. The summed E-state index contributed by atoms with van der Waals surface area (Å²) < 4.78 is 41.4. The van der Waals surface area contributed by atoms with Gasteiger partial charge in [0.15, 0.2) is 11.7 Å². The van der Waals surface area contributed by atoms with Crippen molar-refractivity contribution >= 4 is 34.7 Å². The highest BCUT2D eigenvalue weighted by atomic mass is 35.5. The van der Waals surface area contributed by atoms with E-state index in [1.807, 2.05) is 6.92 Å². The largest absolute Gasteiger partial charge is 0.410 e. The van der Waals surface area contributed by atoms with Crippen molar-refractivity contribution in [2.75, 3.05) is 11.9 Å². The molecule has 2 atom stereocenters. The fourth-order valence-corrected chi connectivity index (χ4v) is 3.79. The molecule has 10 heteroatoms. The van der Waals surface area contributed by atoms with Crippen molar-refractivity contribution < 1.29 is 18.0 Å². The Morgan fingerprint density at radius 1 is 1.56 bits per heavy atom. The first kappa shape index (κ1) is 18.1. The number of halogens is 4. The van der Waals surface area contributed by atoms with Gasteiger partial charge in [-0.05, 0) is 17.9 Å². The van der Waals surface area contributed by atoms with Crippen molar-refractivity contribution in [2.24, 2.45) is 0 Å². The van der Waals surface area contributed by atoms with Crippen molar-refractivity contribution in [2.45, 2.75) is 38.0 Å². The minimum absolute atomic E-state index is 0.0234. The van der Waals surface area contributed by atoms with E-state index >= 15 is 0 Å². The standard InChI is InChI=1S/C15H16ClF3N4OS/c1-2-5-20-14(24)12-11(16)13-21-8(9-4-3-6-25-9)7-10(15(17,18)19)23(13)22-12/h3-4,6,8,10,21H,2,5,7H2,1H3,(H,20,24)/t8-,10-/m1/s1. The third-order valence-corrected chi connectivity index (χ3v) is 5.28. The minimum atomic E-state index is -4.50. The molecule has 0 fully saturated rings. The van der Waals surface area contributed by atoms with Gasteiger partial charge in [-0.25, -0.2) is 4.68 Å². The highest BCUT2D eigenvalue weighted by Crippen LogP contribution is 2.46. The van der Waals surface area contributed by atoms with E-state index in [9.17, 15) is 18.0 Å². The Morgan fingerprint density at radius 3 is 2.92 bits per heavy atom. The fraction of sp³-hybridized carbons (Fsp3) is 0.467. The average molecular weight is 393 g/mol. The number of rotatable bonds is 4. The fourth-order valence-electron chi connectivity index (χ4n) is 2.73. The van der Waals surface area contributed by atoms with Crippen LogP contribution in [0.3, 0.4) is 0 Å². The molecule has 1 aliphatic heterocycles. The van der Waals surface area contributed by atoms with Crippen LogP contribution in [0.4, 0.5) is 19.0 Å². The van der Waals surface area contributed by atoms with Crippen LogP contribution in [0.15, 0.2) is 17.5 Å². The summed E-state index contributed by atoms with van der Waals surface area (Å²) in [6.45, 7) is 2.26. The number of anilines is 1. The number of aromatic nitrogens is 2. The van der Waals surface area contributed by atoms with E-state index in [0.29, 0.717) is 13.0 Å². The lowest BCUT2D eigenvalue weighted by atomic mass is 10.0. The average Bonchev–Trinajstić information content (AvgIpc) is 3.19. The van der Waals surface area contributed by atoms with E-state index in [0.717, 1.165) is 9.56 Å². The Balaban J connectivity index is 2.00. The normalized spacial score (nSPS) is 20.0. The first-order valence-electron chi connectivity index (χ1n) is 7.75. The molecule has 1 amide bonds. The molecular formula is C15H16ClF3N4OS. The van der Waals surface area contributed by atoms with Gasteiger partial charge < -0.3 is 10.6 Å². The second-order valence-electron chi connectivity index (χ2n) is 5.72. The summed E-state index contributed by atoms with van der Waals surface area (Å²) in [6.07, 6.45) is -4.02. The smallest absolute Gasteiger partial charge is 0.361 e. The van der Waals surface area contributed by atoms with E-state index in [2.05, 4.69) is 15.7 Å².